The van der Waals surface area contributed by atoms with Gasteiger partial charge in [0.1, 0.15) is 5.82 Å². The van der Waals surface area contributed by atoms with Crippen LogP contribution in [0.4, 0.5) is 15.8 Å². The largest absolute Gasteiger partial charge is 0.398 e. The minimum atomic E-state index is -0.233. The first-order valence-corrected chi connectivity index (χ1v) is 7.25. The van der Waals surface area contributed by atoms with Gasteiger partial charge in [-0.15, -0.1) is 0 Å². The van der Waals surface area contributed by atoms with Gasteiger partial charge in [-0.3, -0.25) is 4.98 Å². The molecule has 3 aromatic rings. The molecule has 0 fully saturated rings. The lowest BCUT2D eigenvalue weighted by molar-refractivity contribution is 0.627. The summed E-state index contributed by atoms with van der Waals surface area (Å²) in [5.74, 6) is -0.233. The van der Waals surface area contributed by atoms with Gasteiger partial charge in [0.15, 0.2) is 0 Å². The Balaban J connectivity index is 1.90. The number of benzene rings is 2. The van der Waals surface area contributed by atoms with Gasteiger partial charge in [-0.25, -0.2) is 4.39 Å². The lowest BCUT2D eigenvalue weighted by atomic mass is 10.1. The van der Waals surface area contributed by atoms with E-state index in [1.807, 2.05) is 18.2 Å². The third-order valence-electron chi connectivity index (χ3n) is 3.25. The molecule has 106 valence electrons. The molecule has 3 rings (SSSR count). The SMILES string of the molecule is Nc1ccc(NCc2ccc(F)cc2)c2ncc(Br)cc12. The average molecular weight is 346 g/mol. The first kappa shape index (κ1) is 13.8. The van der Waals surface area contributed by atoms with Gasteiger partial charge in [-0.2, -0.15) is 0 Å². The highest BCUT2D eigenvalue weighted by Crippen LogP contribution is 2.29. The van der Waals surface area contributed by atoms with Crippen LogP contribution >= 0.6 is 15.9 Å². The zero-order chi connectivity index (χ0) is 14.8. The van der Waals surface area contributed by atoms with Crippen molar-refractivity contribution in [1.29, 1.82) is 0 Å². The minimum absolute atomic E-state index is 0.233. The smallest absolute Gasteiger partial charge is 0.123 e. The molecule has 0 aliphatic rings. The van der Waals surface area contributed by atoms with Crippen molar-refractivity contribution in [2.24, 2.45) is 0 Å². The van der Waals surface area contributed by atoms with Crippen molar-refractivity contribution in [1.82, 2.24) is 4.98 Å². The number of hydrogen-bond donors (Lipinski definition) is 2. The first-order valence-electron chi connectivity index (χ1n) is 6.45. The highest BCUT2D eigenvalue weighted by atomic mass is 79.9. The lowest BCUT2D eigenvalue weighted by Crippen LogP contribution is -2.01. The Morgan fingerprint density at radius 3 is 2.67 bits per heavy atom. The van der Waals surface area contributed by atoms with Crippen LogP contribution in [0.3, 0.4) is 0 Å². The second kappa shape index (κ2) is 5.69. The van der Waals surface area contributed by atoms with E-state index in [1.54, 1.807) is 18.3 Å². The van der Waals surface area contributed by atoms with Crippen molar-refractivity contribution in [3.8, 4) is 0 Å². The molecule has 0 amide bonds. The third-order valence-corrected chi connectivity index (χ3v) is 3.68. The molecule has 1 aromatic heterocycles. The van der Waals surface area contributed by atoms with Gasteiger partial charge < -0.3 is 11.1 Å². The maximum absolute atomic E-state index is 12.9. The third kappa shape index (κ3) is 2.97. The highest BCUT2D eigenvalue weighted by molar-refractivity contribution is 9.10. The van der Waals surface area contributed by atoms with Crippen LogP contribution in [0.25, 0.3) is 10.9 Å². The van der Waals surface area contributed by atoms with E-state index in [0.29, 0.717) is 12.2 Å². The normalized spacial score (nSPS) is 10.8. The Morgan fingerprint density at radius 2 is 1.90 bits per heavy atom. The maximum Gasteiger partial charge on any atom is 0.123 e. The standard InChI is InChI=1S/C16H13BrFN3/c17-11-7-13-14(19)5-6-15(16(13)21-9-11)20-8-10-1-3-12(18)4-2-10/h1-7,9,20H,8,19H2. The van der Waals surface area contributed by atoms with Crippen LogP contribution in [-0.2, 0) is 6.54 Å². The molecule has 0 aliphatic heterocycles. The number of fused-ring (bicyclic) bond motifs is 1. The number of rotatable bonds is 3. The fourth-order valence-electron chi connectivity index (χ4n) is 2.16. The molecule has 0 atom stereocenters. The number of halogens is 2. The van der Waals surface area contributed by atoms with Crippen molar-refractivity contribution >= 4 is 38.2 Å². The predicted molar refractivity (Wildman–Crippen MR) is 87.6 cm³/mol. The van der Waals surface area contributed by atoms with Crippen LogP contribution in [0.5, 0.6) is 0 Å². The number of nitrogen functional groups attached to an aromatic ring is 1. The van der Waals surface area contributed by atoms with Crippen LogP contribution in [0.2, 0.25) is 0 Å². The monoisotopic (exact) mass is 345 g/mol. The van der Waals surface area contributed by atoms with E-state index in [2.05, 4.69) is 26.2 Å². The fourth-order valence-corrected chi connectivity index (χ4v) is 2.49. The Bertz CT molecular complexity index is 787. The molecule has 0 bridgehead atoms. The summed E-state index contributed by atoms with van der Waals surface area (Å²) in [6, 6.07) is 12.1. The molecule has 0 saturated carbocycles. The molecular weight excluding hydrogens is 333 g/mol. The van der Waals surface area contributed by atoms with E-state index >= 15 is 0 Å². The molecule has 0 aliphatic carbocycles. The van der Waals surface area contributed by atoms with Crippen LogP contribution < -0.4 is 11.1 Å². The van der Waals surface area contributed by atoms with Gasteiger partial charge in [0.2, 0.25) is 0 Å². The molecule has 5 heteroatoms. The van der Waals surface area contributed by atoms with E-state index in [4.69, 9.17) is 5.73 Å². The summed E-state index contributed by atoms with van der Waals surface area (Å²) in [6.07, 6.45) is 1.74. The zero-order valence-corrected chi connectivity index (χ0v) is 12.7. The number of aromatic nitrogens is 1. The number of hydrogen-bond acceptors (Lipinski definition) is 3. The van der Waals surface area contributed by atoms with E-state index in [1.165, 1.54) is 12.1 Å². The summed E-state index contributed by atoms with van der Waals surface area (Å²) in [5, 5.41) is 4.21. The minimum Gasteiger partial charge on any atom is -0.398 e. The summed E-state index contributed by atoms with van der Waals surface area (Å²) in [6.45, 7) is 0.594. The number of anilines is 2. The number of nitrogens with two attached hydrogens (primary N) is 1. The van der Waals surface area contributed by atoms with Crippen LogP contribution in [0.1, 0.15) is 5.56 Å². The Kier molecular flexibility index (Phi) is 3.75. The summed E-state index contributed by atoms with van der Waals surface area (Å²) in [5.41, 5.74) is 9.39. The van der Waals surface area contributed by atoms with Gasteiger partial charge in [0, 0.05) is 28.3 Å². The Hall–Kier alpha value is -2.14. The first-order chi connectivity index (χ1) is 10.1. The molecule has 0 radical (unpaired) electrons. The van der Waals surface area contributed by atoms with Crippen LogP contribution in [0.15, 0.2) is 53.1 Å². The molecule has 0 unspecified atom stereocenters. The number of nitrogens with zero attached hydrogens (tertiary/aromatic N) is 1. The summed E-state index contributed by atoms with van der Waals surface area (Å²) < 4.78 is 13.8. The summed E-state index contributed by atoms with van der Waals surface area (Å²) in [4.78, 5) is 4.42. The molecule has 3 N–H and O–H groups in total. The average Bonchev–Trinajstić information content (AvgIpc) is 2.49. The highest BCUT2D eigenvalue weighted by Gasteiger charge is 2.06. The fraction of sp³-hybridized carbons (Fsp3) is 0.0625. The maximum atomic E-state index is 12.9. The van der Waals surface area contributed by atoms with Gasteiger partial charge in [-0.1, -0.05) is 12.1 Å². The van der Waals surface area contributed by atoms with Gasteiger partial charge in [0.25, 0.3) is 0 Å². The van der Waals surface area contributed by atoms with E-state index < -0.39 is 0 Å². The Labute approximate surface area is 130 Å². The molecule has 21 heavy (non-hydrogen) atoms. The number of pyridine rings is 1. The van der Waals surface area contributed by atoms with Crippen molar-refractivity contribution in [2.75, 3.05) is 11.1 Å². The van der Waals surface area contributed by atoms with Crippen LogP contribution in [0, 0.1) is 5.82 Å². The number of nitrogens with one attached hydrogen (secondary N) is 1. The quantitative estimate of drug-likeness (QED) is 0.694. The van der Waals surface area contributed by atoms with Crippen molar-refractivity contribution < 1.29 is 4.39 Å². The van der Waals surface area contributed by atoms with Crippen molar-refractivity contribution in [3.05, 3.63) is 64.5 Å². The van der Waals surface area contributed by atoms with E-state index in [0.717, 1.165) is 26.6 Å². The molecular formula is C16H13BrFN3. The van der Waals surface area contributed by atoms with Crippen LogP contribution in [-0.4, -0.2) is 4.98 Å². The summed E-state index contributed by atoms with van der Waals surface area (Å²) >= 11 is 3.40. The summed E-state index contributed by atoms with van der Waals surface area (Å²) in [7, 11) is 0. The van der Waals surface area contributed by atoms with E-state index in [9.17, 15) is 4.39 Å². The molecule has 0 spiro atoms. The van der Waals surface area contributed by atoms with Crippen molar-refractivity contribution in [3.63, 3.8) is 0 Å². The second-order valence-corrected chi connectivity index (χ2v) is 5.65. The molecule has 0 saturated heterocycles. The predicted octanol–water partition coefficient (Wildman–Crippen LogP) is 4.33. The zero-order valence-electron chi connectivity index (χ0n) is 11.1. The van der Waals surface area contributed by atoms with E-state index in [-0.39, 0.29) is 5.82 Å². The second-order valence-electron chi connectivity index (χ2n) is 4.73. The lowest BCUT2D eigenvalue weighted by Gasteiger charge is -2.11. The molecule has 3 nitrogen and oxygen atoms in total. The molecule has 2 aromatic carbocycles. The topological polar surface area (TPSA) is 50.9 Å². The van der Waals surface area contributed by atoms with Gasteiger partial charge in [-0.05, 0) is 51.8 Å². The molecule has 1 heterocycles. The van der Waals surface area contributed by atoms with Crippen molar-refractivity contribution in [2.45, 2.75) is 6.54 Å². The Morgan fingerprint density at radius 1 is 1.14 bits per heavy atom. The van der Waals surface area contributed by atoms with Gasteiger partial charge in [0.05, 0.1) is 11.2 Å². The van der Waals surface area contributed by atoms with Gasteiger partial charge >= 0.3 is 0 Å².